The van der Waals surface area contributed by atoms with Gasteiger partial charge in [-0.2, -0.15) is 0 Å². The van der Waals surface area contributed by atoms with Crippen LogP contribution in [0.4, 0.5) is 0 Å². The van der Waals surface area contributed by atoms with Crippen molar-refractivity contribution in [2.75, 3.05) is 6.61 Å². The molecule has 2 nitrogen and oxygen atoms in total. The number of nitrogens with one attached hydrogen (secondary N) is 1. The van der Waals surface area contributed by atoms with Gasteiger partial charge in [-0.1, -0.05) is 23.2 Å². The van der Waals surface area contributed by atoms with Gasteiger partial charge in [0.15, 0.2) is 0 Å². The molecule has 1 fully saturated rings. The minimum absolute atomic E-state index is 0.252. The second-order valence-electron chi connectivity index (χ2n) is 4.39. The highest BCUT2D eigenvalue weighted by atomic mass is 79.9. The third-order valence-electron chi connectivity index (χ3n) is 2.70. The Morgan fingerprint density at radius 1 is 1.37 bits per heavy atom. The van der Waals surface area contributed by atoms with E-state index in [1.165, 1.54) is 23.9 Å². The fourth-order valence-electron chi connectivity index (χ4n) is 1.57. The summed E-state index contributed by atoms with van der Waals surface area (Å²) < 4.78 is 7.41. The maximum absolute atomic E-state index is 5.81. The summed E-state index contributed by atoms with van der Waals surface area (Å²) in [5.74, 6) is 0.729. The second-order valence-corrected chi connectivity index (χ2v) is 6.80. The van der Waals surface area contributed by atoms with Crippen LogP contribution in [0.25, 0.3) is 0 Å². The average molecular weight is 430 g/mol. The fraction of sp³-hybridized carbons (Fsp3) is 0.385. The SMILES string of the molecule is Cl/C=C(/Cl)COc1c(Br)cc(CNC2CC2)cc1Br. The molecule has 0 atom stereocenters. The van der Waals surface area contributed by atoms with E-state index in [9.17, 15) is 0 Å². The van der Waals surface area contributed by atoms with Crippen molar-refractivity contribution in [3.05, 3.63) is 37.2 Å². The van der Waals surface area contributed by atoms with Crippen molar-refractivity contribution >= 4 is 55.1 Å². The Kier molecular flexibility index (Phi) is 6.03. The summed E-state index contributed by atoms with van der Waals surface area (Å²) in [6.45, 7) is 1.12. The molecule has 0 bridgehead atoms. The van der Waals surface area contributed by atoms with E-state index in [0.29, 0.717) is 11.1 Å². The van der Waals surface area contributed by atoms with Crippen molar-refractivity contribution < 1.29 is 4.74 Å². The Hall–Kier alpha value is 0.260. The van der Waals surface area contributed by atoms with Crippen LogP contribution in [0.15, 0.2) is 31.6 Å². The standard InChI is InChI=1S/C13H13Br2Cl2NO/c14-11-3-8(6-18-10-1-2-10)4-12(15)13(11)19-7-9(17)5-16/h3-5,10,18H,1-2,6-7H2/b9-5+. The van der Waals surface area contributed by atoms with Crippen LogP contribution in [0.3, 0.4) is 0 Å². The Balaban J connectivity index is 2.02. The fourth-order valence-corrected chi connectivity index (χ4v) is 3.20. The van der Waals surface area contributed by atoms with Gasteiger partial charge < -0.3 is 10.1 Å². The lowest BCUT2D eigenvalue weighted by atomic mass is 10.2. The normalized spacial score (nSPS) is 15.7. The van der Waals surface area contributed by atoms with Crippen molar-refractivity contribution in [2.45, 2.75) is 25.4 Å². The molecule has 6 heteroatoms. The molecule has 0 unspecified atom stereocenters. The average Bonchev–Trinajstić information content (AvgIpc) is 3.19. The first-order chi connectivity index (χ1) is 9.10. The molecule has 0 radical (unpaired) electrons. The summed E-state index contributed by atoms with van der Waals surface area (Å²) >= 11 is 18.3. The molecular formula is C13H13Br2Cl2NO. The van der Waals surface area contributed by atoms with Gasteiger partial charge in [-0.25, -0.2) is 0 Å². The largest absolute Gasteiger partial charge is 0.486 e. The lowest BCUT2D eigenvalue weighted by molar-refractivity contribution is 0.354. The van der Waals surface area contributed by atoms with Gasteiger partial charge in [0.1, 0.15) is 12.4 Å². The maximum atomic E-state index is 5.81. The maximum Gasteiger partial charge on any atom is 0.148 e. The highest BCUT2D eigenvalue weighted by molar-refractivity contribution is 9.11. The lowest BCUT2D eigenvalue weighted by Gasteiger charge is -2.12. The molecule has 0 amide bonds. The van der Waals surface area contributed by atoms with Crippen LogP contribution in [0.2, 0.25) is 0 Å². The van der Waals surface area contributed by atoms with E-state index in [1.54, 1.807) is 0 Å². The molecule has 1 aromatic rings. The predicted octanol–water partition coefficient (Wildman–Crippen LogP) is 5.16. The number of ether oxygens (including phenoxy) is 1. The summed E-state index contributed by atoms with van der Waals surface area (Å²) in [5, 5.41) is 3.93. The molecule has 1 aliphatic carbocycles. The van der Waals surface area contributed by atoms with Gasteiger partial charge in [0.05, 0.1) is 14.0 Å². The van der Waals surface area contributed by atoms with Crippen LogP contribution in [-0.4, -0.2) is 12.6 Å². The number of rotatable bonds is 6. The van der Waals surface area contributed by atoms with Crippen molar-refractivity contribution in [3.63, 3.8) is 0 Å². The molecule has 0 aliphatic heterocycles. The van der Waals surface area contributed by atoms with E-state index in [-0.39, 0.29) is 6.61 Å². The van der Waals surface area contributed by atoms with Crippen LogP contribution >= 0.6 is 55.1 Å². The smallest absolute Gasteiger partial charge is 0.148 e. The van der Waals surface area contributed by atoms with Crippen LogP contribution in [-0.2, 0) is 6.54 Å². The summed E-state index contributed by atoms with van der Waals surface area (Å²) in [7, 11) is 0. The molecule has 0 saturated heterocycles. The second kappa shape index (κ2) is 7.32. The Bertz CT molecular complexity index is 467. The first kappa shape index (κ1) is 15.6. The minimum Gasteiger partial charge on any atom is -0.486 e. The van der Waals surface area contributed by atoms with E-state index in [2.05, 4.69) is 37.2 Å². The van der Waals surface area contributed by atoms with E-state index in [1.807, 2.05) is 12.1 Å². The summed E-state index contributed by atoms with van der Waals surface area (Å²) in [5.41, 5.74) is 2.51. The Labute approximate surface area is 139 Å². The first-order valence-electron chi connectivity index (χ1n) is 5.89. The summed E-state index contributed by atoms with van der Waals surface area (Å²) in [4.78, 5) is 0. The van der Waals surface area contributed by atoms with Gasteiger partial charge >= 0.3 is 0 Å². The van der Waals surface area contributed by atoms with Crippen LogP contribution in [0.5, 0.6) is 5.75 Å². The van der Waals surface area contributed by atoms with E-state index >= 15 is 0 Å². The van der Waals surface area contributed by atoms with Crippen LogP contribution in [0.1, 0.15) is 18.4 Å². The van der Waals surface area contributed by atoms with Crippen LogP contribution in [0, 0.1) is 0 Å². The molecule has 2 rings (SSSR count). The predicted molar refractivity (Wildman–Crippen MR) is 87.0 cm³/mol. The minimum atomic E-state index is 0.252. The van der Waals surface area contributed by atoms with Crippen LogP contribution < -0.4 is 10.1 Å². The molecule has 1 N–H and O–H groups in total. The molecule has 0 heterocycles. The molecule has 1 saturated carbocycles. The van der Waals surface area contributed by atoms with Gasteiger partial charge in [-0.3, -0.25) is 0 Å². The third-order valence-corrected chi connectivity index (χ3v) is 4.47. The number of hydrogen-bond acceptors (Lipinski definition) is 2. The van der Waals surface area contributed by atoms with E-state index in [0.717, 1.165) is 21.2 Å². The molecule has 0 spiro atoms. The first-order valence-corrected chi connectivity index (χ1v) is 8.29. The highest BCUT2D eigenvalue weighted by Crippen LogP contribution is 2.35. The van der Waals surface area contributed by atoms with Crippen molar-refractivity contribution in [2.24, 2.45) is 0 Å². The quantitative estimate of drug-likeness (QED) is 0.674. The molecule has 1 aromatic carbocycles. The molecule has 104 valence electrons. The number of hydrogen-bond donors (Lipinski definition) is 1. The van der Waals surface area contributed by atoms with E-state index in [4.69, 9.17) is 27.9 Å². The van der Waals surface area contributed by atoms with Crippen molar-refractivity contribution in [1.82, 2.24) is 5.32 Å². The van der Waals surface area contributed by atoms with Crippen molar-refractivity contribution in [3.8, 4) is 5.75 Å². The van der Waals surface area contributed by atoms with E-state index < -0.39 is 0 Å². The Morgan fingerprint density at radius 2 is 2.00 bits per heavy atom. The number of benzene rings is 1. The summed E-state index contributed by atoms with van der Waals surface area (Å²) in [6.07, 6.45) is 2.57. The van der Waals surface area contributed by atoms with Crippen molar-refractivity contribution in [1.29, 1.82) is 0 Å². The zero-order chi connectivity index (χ0) is 13.8. The van der Waals surface area contributed by atoms with Gasteiger partial charge in [-0.15, -0.1) is 0 Å². The van der Waals surface area contributed by atoms with Gasteiger partial charge in [-0.05, 0) is 62.4 Å². The van der Waals surface area contributed by atoms with Gasteiger partial charge in [0.25, 0.3) is 0 Å². The Morgan fingerprint density at radius 3 is 2.53 bits per heavy atom. The molecule has 19 heavy (non-hydrogen) atoms. The summed E-state index contributed by atoms with van der Waals surface area (Å²) in [6, 6.07) is 4.79. The topological polar surface area (TPSA) is 21.3 Å². The molecule has 1 aliphatic rings. The zero-order valence-corrected chi connectivity index (χ0v) is 14.7. The zero-order valence-electron chi connectivity index (χ0n) is 10.1. The van der Waals surface area contributed by atoms with Gasteiger partial charge in [0, 0.05) is 18.1 Å². The monoisotopic (exact) mass is 427 g/mol. The number of halogens is 4. The molecule has 0 aromatic heterocycles. The van der Waals surface area contributed by atoms with Gasteiger partial charge in [0.2, 0.25) is 0 Å². The molecular weight excluding hydrogens is 417 g/mol. The highest BCUT2D eigenvalue weighted by Gasteiger charge is 2.20. The third kappa shape index (κ3) is 4.94. The lowest BCUT2D eigenvalue weighted by Crippen LogP contribution is -2.15.